The molecule has 0 fully saturated rings. The first kappa shape index (κ1) is 26.8. The van der Waals surface area contributed by atoms with E-state index in [1.807, 2.05) is 13.0 Å². The molecule has 5 heteroatoms. The predicted octanol–water partition coefficient (Wildman–Crippen LogP) is 6.51. The van der Waals surface area contributed by atoms with Crippen molar-refractivity contribution in [1.82, 2.24) is 0 Å². The zero-order valence-electron chi connectivity index (χ0n) is 18.6. The van der Waals surface area contributed by atoms with Crippen LogP contribution in [0.1, 0.15) is 92.9 Å². The zero-order valence-corrected chi connectivity index (χ0v) is 19.4. The molecule has 1 unspecified atom stereocenters. The summed E-state index contributed by atoms with van der Waals surface area (Å²) >= 11 is 0. The molecule has 0 rings (SSSR count). The lowest BCUT2D eigenvalue weighted by Gasteiger charge is -2.18. The number of rotatable bonds is 13. The molecule has 0 radical (unpaired) electrons. The minimum absolute atomic E-state index is 0.0165. The number of hydrogen-bond donors (Lipinski definition) is 2. The molecule has 4 nitrogen and oxygen atoms in total. The van der Waals surface area contributed by atoms with E-state index in [-0.39, 0.29) is 6.42 Å². The molecule has 0 aliphatic rings. The van der Waals surface area contributed by atoms with E-state index in [9.17, 15) is 13.5 Å². The van der Waals surface area contributed by atoms with Crippen LogP contribution in [0.5, 0.6) is 0 Å². The molecule has 0 aromatic carbocycles. The molecular formula is C23H40O4S. The molecule has 28 heavy (non-hydrogen) atoms. The Kier molecular flexibility index (Phi) is 12.6. The maximum Gasteiger partial charge on any atom is 0.294 e. The van der Waals surface area contributed by atoms with Gasteiger partial charge in [-0.3, -0.25) is 4.55 Å². The SMILES string of the molecule is CC(C)=CCCC(C)=CCCC(C)=CCCC(C)=CCCC(C)(O)S(=O)(=O)O. The maximum atomic E-state index is 11.1. The van der Waals surface area contributed by atoms with Gasteiger partial charge in [0.1, 0.15) is 0 Å². The number of allylic oxidation sites excluding steroid dienone is 8. The van der Waals surface area contributed by atoms with Crippen molar-refractivity contribution in [2.24, 2.45) is 0 Å². The number of hydrogen-bond acceptors (Lipinski definition) is 3. The third kappa shape index (κ3) is 13.1. The highest BCUT2D eigenvalue weighted by molar-refractivity contribution is 7.87. The van der Waals surface area contributed by atoms with Crippen molar-refractivity contribution < 1.29 is 18.1 Å². The van der Waals surface area contributed by atoms with Crippen LogP contribution in [-0.4, -0.2) is 23.0 Å². The summed E-state index contributed by atoms with van der Waals surface area (Å²) in [5.41, 5.74) is 5.37. The molecule has 0 saturated carbocycles. The van der Waals surface area contributed by atoms with E-state index >= 15 is 0 Å². The Morgan fingerprint density at radius 1 is 0.750 bits per heavy atom. The summed E-state index contributed by atoms with van der Waals surface area (Å²) in [7, 11) is -4.44. The average Bonchev–Trinajstić information content (AvgIpc) is 2.53. The Morgan fingerprint density at radius 2 is 1.11 bits per heavy atom. The molecule has 2 N–H and O–H groups in total. The van der Waals surface area contributed by atoms with Crippen LogP contribution in [0, 0.1) is 0 Å². The van der Waals surface area contributed by atoms with Crippen molar-refractivity contribution in [2.75, 3.05) is 0 Å². The molecule has 0 heterocycles. The Hall–Kier alpha value is -1.17. The second-order valence-electron chi connectivity index (χ2n) is 8.24. The molecule has 0 aromatic heterocycles. The van der Waals surface area contributed by atoms with Gasteiger partial charge in [-0.05, 0) is 92.9 Å². The molecule has 0 aliphatic heterocycles. The van der Waals surface area contributed by atoms with Gasteiger partial charge in [0.05, 0.1) is 0 Å². The van der Waals surface area contributed by atoms with Crippen molar-refractivity contribution in [3.05, 3.63) is 46.6 Å². The summed E-state index contributed by atoms with van der Waals surface area (Å²) in [5, 5.41) is 9.72. The molecule has 0 aromatic rings. The smallest absolute Gasteiger partial charge is 0.294 e. The van der Waals surface area contributed by atoms with Gasteiger partial charge in [0.25, 0.3) is 10.1 Å². The van der Waals surface area contributed by atoms with Gasteiger partial charge in [0.2, 0.25) is 0 Å². The van der Waals surface area contributed by atoms with Crippen LogP contribution in [0.15, 0.2) is 46.6 Å². The van der Waals surface area contributed by atoms with Crippen LogP contribution < -0.4 is 0 Å². The van der Waals surface area contributed by atoms with Gasteiger partial charge in [-0.1, -0.05) is 46.6 Å². The minimum Gasteiger partial charge on any atom is -0.373 e. The van der Waals surface area contributed by atoms with E-state index in [0.717, 1.165) is 51.0 Å². The first-order valence-electron chi connectivity index (χ1n) is 10.1. The number of aliphatic hydroxyl groups is 1. The van der Waals surface area contributed by atoms with E-state index in [4.69, 9.17) is 4.55 Å². The largest absolute Gasteiger partial charge is 0.373 e. The lowest BCUT2D eigenvalue weighted by molar-refractivity contribution is 0.124. The Bertz CT molecular complexity index is 688. The Morgan fingerprint density at radius 3 is 1.46 bits per heavy atom. The van der Waals surface area contributed by atoms with Gasteiger partial charge in [0, 0.05) is 0 Å². The topological polar surface area (TPSA) is 74.6 Å². The third-order valence-corrected chi connectivity index (χ3v) is 6.13. The summed E-state index contributed by atoms with van der Waals surface area (Å²) in [6, 6.07) is 0. The molecule has 1 atom stereocenters. The molecule has 0 aliphatic carbocycles. The maximum absolute atomic E-state index is 11.1. The first-order valence-corrected chi connectivity index (χ1v) is 11.6. The lowest BCUT2D eigenvalue weighted by Crippen LogP contribution is -2.34. The Labute approximate surface area is 172 Å². The quantitative estimate of drug-likeness (QED) is 0.267. The van der Waals surface area contributed by atoms with E-state index in [1.165, 1.54) is 16.7 Å². The molecular weight excluding hydrogens is 372 g/mol. The van der Waals surface area contributed by atoms with E-state index < -0.39 is 15.1 Å². The van der Waals surface area contributed by atoms with Crippen LogP contribution in [0.25, 0.3) is 0 Å². The van der Waals surface area contributed by atoms with Crippen molar-refractivity contribution in [3.8, 4) is 0 Å². The second-order valence-corrected chi connectivity index (χ2v) is 10.1. The van der Waals surface area contributed by atoms with Gasteiger partial charge < -0.3 is 5.11 Å². The summed E-state index contributed by atoms with van der Waals surface area (Å²) in [5.74, 6) is 0. The fourth-order valence-electron chi connectivity index (χ4n) is 2.70. The van der Waals surface area contributed by atoms with E-state index in [2.05, 4.69) is 45.9 Å². The minimum atomic E-state index is -4.44. The highest BCUT2D eigenvalue weighted by Gasteiger charge is 2.34. The summed E-state index contributed by atoms with van der Waals surface area (Å²) in [6.45, 7) is 11.7. The zero-order chi connectivity index (χ0) is 21.8. The van der Waals surface area contributed by atoms with Gasteiger partial charge in [-0.25, -0.2) is 0 Å². The van der Waals surface area contributed by atoms with Crippen LogP contribution >= 0.6 is 0 Å². The lowest BCUT2D eigenvalue weighted by atomic mass is 10.0. The van der Waals surface area contributed by atoms with Gasteiger partial charge in [-0.15, -0.1) is 0 Å². The monoisotopic (exact) mass is 412 g/mol. The first-order chi connectivity index (χ1) is 12.8. The van der Waals surface area contributed by atoms with Crippen molar-refractivity contribution in [3.63, 3.8) is 0 Å². The van der Waals surface area contributed by atoms with Crippen molar-refractivity contribution >= 4 is 10.1 Å². The van der Waals surface area contributed by atoms with Crippen LogP contribution in [0.2, 0.25) is 0 Å². The van der Waals surface area contributed by atoms with Crippen molar-refractivity contribution in [1.29, 1.82) is 0 Å². The predicted molar refractivity (Wildman–Crippen MR) is 120 cm³/mol. The fourth-order valence-corrected chi connectivity index (χ4v) is 3.08. The molecule has 0 saturated heterocycles. The fraction of sp³-hybridized carbons (Fsp3) is 0.652. The third-order valence-electron chi connectivity index (χ3n) is 4.81. The molecule has 0 amide bonds. The van der Waals surface area contributed by atoms with E-state index in [1.54, 1.807) is 0 Å². The highest BCUT2D eigenvalue weighted by atomic mass is 32.2. The molecule has 0 spiro atoms. The van der Waals surface area contributed by atoms with Gasteiger partial charge >= 0.3 is 0 Å². The van der Waals surface area contributed by atoms with Crippen molar-refractivity contribution in [2.45, 2.75) is 97.8 Å². The van der Waals surface area contributed by atoms with Gasteiger partial charge in [-0.2, -0.15) is 8.42 Å². The van der Waals surface area contributed by atoms with E-state index in [0.29, 0.717) is 6.42 Å². The van der Waals surface area contributed by atoms with Crippen LogP contribution in [0.3, 0.4) is 0 Å². The molecule has 0 bridgehead atoms. The molecule has 162 valence electrons. The summed E-state index contributed by atoms with van der Waals surface area (Å²) in [6.07, 6.45) is 15.4. The highest BCUT2D eigenvalue weighted by Crippen LogP contribution is 2.20. The summed E-state index contributed by atoms with van der Waals surface area (Å²) in [4.78, 5) is -2.09. The average molecular weight is 413 g/mol. The van der Waals surface area contributed by atoms with Crippen LogP contribution in [-0.2, 0) is 10.1 Å². The standard InChI is InChI=1S/C23H40O4S/c1-19(2)11-7-12-20(3)13-8-14-21(4)15-9-16-22(5)17-10-18-23(6,24)28(25,26)27/h11,13,15,17,24H,7-10,12,14,16,18H2,1-6H3,(H,25,26,27). The van der Waals surface area contributed by atoms with Gasteiger partial charge in [0.15, 0.2) is 4.93 Å². The Balaban J connectivity index is 4.21. The summed E-state index contributed by atoms with van der Waals surface area (Å²) < 4.78 is 31.1. The van der Waals surface area contributed by atoms with Crippen LogP contribution in [0.4, 0.5) is 0 Å². The second kappa shape index (κ2) is 13.1. The normalized spacial score (nSPS) is 16.1.